The largest absolute Gasteiger partial charge is 0.573 e. The van der Waals surface area contributed by atoms with Crippen LogP contribution < -0.4 is 20.7 Å². The molecule has 0 amide bonds. The van der Waals surface area contributed by atoms with Gasteiger partial charge in [-0.1, -0.05) is 29.8 Å². The van der Waals surface area contributed by atoms with Gasteiger partial charge in [-0.2, -0.15) is 4.98 Å². The van der Waals surface area contributed by atoms with Crippen LogP contribution in [0.2, 0.25) is 5.02 Å². The van der Waals surface area contributed by atoms with Gasteiger partial charge in [-0.05, 0) is 36.8 Å². The van der Waals surface area contributed by atoms with E-state index in [1.165, 1.54) is 30.7 Å². The summed E-state index contributed by atoms with van der Waals surface area (Å²) in [6.07, 6.45) is -5.87. The number of rotatable bonds is 7. The van der Waals surface area contributed by atoms with Gasteiger partial charge in [-0.3, -0.25) is 18.5 Å². The lowest BCUT2D eigenvalue weighted by atomic mass is 10.2. The third-order valence-corrected chi connectivity index (χ3v) is 5.40. The summed E-state index contributed by atoms with van der Waals surface area (Å²) in [5, 5.41) is 10.3. The van der Waals surface area contributed by atoms with Crippen LogP contribution in [0.25, 0.3) is 11.2 Å². The average Bonchev–Trinajstić information content (AvgIpc) is 3.13. The van der Waals surface area contributed by atoms with Crippen molar-refractivity contribution in [1.29, 1.82) is 0 Å². The van der Waals surface area contributed by atoms with Crippen LogP contribution in [0.1, 0.15) is 12.5 Å². The van der Waals surface area contributed by atoms with Crippen molar-refractivity contribution >= 4 is 22.8 Å². The van der Waals surface area contributed by atoms with E-state index < -0.39 is 29.5 Å². The molecular weight excluding hydrogens is 505 g/mol. The monoisotopic (exact) mass is 524 g/mol. The van der Waals surface area contributed by atoms with Crippen molar-refractivity contribution in [2.24, 2.45) is 7.05 Å². The molecule has 0 spiro atoms. The first kappa shape index (κ1) is 25.3. The molecule has 0 aliphatic heterocycles. The smallest absolute Gasteiger partial charge is 0.425 e. The zero-order valence-corrected chi connectivity index (χ0v) is 19.7. The summed E-state index contributed by atoms with van der Waals surface area (Å²) in [6, 6.07) is 11.4. The van der Waals surface area contributed by atoms with Gasteiger partial charge < -0.3 is 14.6 Å². The molecule has 2 aromatic heterocycles. The topological polar surface area (TPSA) is 101 Å². The Morgan fingerprint density at radius 3 is 2.39 bits per heavy atom. The molecule has 0 radical (unpaired) electrons. The highest BCUT2D eigenvalue weighted by Crippen LogP contribution is 2.30. The van der Waals surface area contributed by atoms with Gasteiger partial charge in [0.15, 0.2) is 11.2 Å². The van der Waals surface area contributed by atoms with Crippen LogP contribution in [0.15, 0.2) is 58.1 Å². The van der Waals surface area contributed by atoms with Crippen LogP contribution in [0, 0.1) is 0 Å². The number of ether oxygens (including phenoxy) is 2. The minimum absolute atomic E-state index is 0.00139. The van der Waals surface area contributed by atoms with E-state index in [4.69, 9.17) is 16.3 Å². The average molecular weight is 525 g/mol. The first-order chi connectivity index (χ1) is 16.9. The second-order valence-corrected chi connectivity index (χ2v) is 8.45. The van der Waals surface area contributed by atoms with E-state index >= 15 is 0 Å². The van der Waals surface area contributed by atoms with Crippen LogP contribution in [0.5, 0.6) is 17.5 Å². The molecule has 9 nitrogen and oxygen atoms in total. The van der Waals surface area contributed by atoms with Crippen LogP contribution in [-0.2, 0) is 20.1 Å². The fourth-order valence-electron chi connectivity index (χ4n) is 3.61. The van der Waals surface area contributed by atoms with Gasteiger partial charge in [0.2, 0.25) is 0 Å². The van der Waals surface area contributed by atoms with Crippen LogP contribution in [-0.4, -0.2) is 36.3 Å². The predicted octanol–water partition coefficient (Wildman–Crippen LogP) is 3.67. The van der Waals surface area contributed by atoms with Crippen LogP contribution in [0.3, 0.4) is 0 Å². The number of aliphatic hydroxyl groups is 1. The third-order valence-electron chi connectivity index (χ3n) is 5.15. The van der Waals surface area contributed by atoms with Crippen molar-refractivity contribution in [2.75, 3.05) is 0 Å². The van der Waals surface area contributed by atoms with Crippen molar-refractivity contribution in [3.05, 3.63) is 80.0 Å². The Balaban J connectivity index is 1.88. The fraction of sp³-hybridized carbons (Fsp3) is 0.261. The van der Waals surface area contributed by atoms with E-state index in [2.05, 4.69) is 9.72 Å². The lowest BCUT2D eigenvalue weighted by Crippen LogP contribution is -2.41. The minimum atomic E-state index is -4.90. The maximum absolute atomic E-state index is 13.3. The Kier molecular flexibility index (Phi) is 6.83. The second-order valence-electron chi connectivity index (χ2n) is 8.01. The molecule has 0 aliphatic rings. The molecule has 0 saturated carbocycles. The predicted molar refractivity (Wildman–Crippen MR) is 125 cm³/mol. The standard InChI is InChI=1S/C23H20ClF3N4O5/c1-13(32)11-31-20(33)18-19(29(2)22(31)34)28-21(30(18)12-14-6-8-15(24)9-7-14)35-16-4-3-5-17(10-16)36-23(25,26)27/h3-10,13,32H,11-12H2,1-2H3/t13-/m0/s1. The number of hydrogen-bond acceptors (Lipinski definition) is 6. The summed E-state index contributed by atoms with van der Waals surface area (Å²) in [7, 11) is 1.41. The quantitative estimate of drug-likeness (QED) is 0.396. The summed E-state index contributed by atoms with van der Waals surface area (Å²) in [5.41, 5.74) is -0.701. The second kappa shape index (κ2) is 9.70. The number of halogens is 4. The molecule has 0 saturated heterocycles. The third kappa shape index (κ3) is 5.39. The van der Waals surface area contributed by atoms with Gasteiger partial charge in [-0.15, -0.1) is 13.2 Å². The molecule has 13 heteroatoms. The number of alkyl halides is 3. The van der Waals surface area contributed by atoms with E-state index in [1.54, 1.807) is 24.3 Å². The normalized spacial score (nSPS) is 12.6. The fourth-order valence-corrected chi connectivity index (χ4v) is 3.74. The van der Waals surface area contributed by atoms with Crippen molar-refractivity contribution in [3.63, 3.8) is 0 Å². The summed E-state index contributed by atoms with van der Waals surface area (Å²) in [6.45, 7) is 1.25. The van der Waals surface area contributed by atoms with Crippen LogP contribution in [0.4, 0.5) is 13.2 Å². The number of benzene rings is 2. The summed E-state index contributed by atoms with van der Waals surface area (Å²) in [5.74, 6) is -0.550. The van der Waals surface area contributed by atoms with E-state index in [0.29, 0.717) is 10.6 Å². The highest BCUT2D eigenvalue weighted by atomic mass is 35.5. The van der Waals surface area contributed by atoms with E-state index in [9.17, 15) is 27.9 Å². The number of aryl methyl sites for hydroxylation is 1. The summed E-state index contributed by atoms with van der Waals surface area (Å²) >= 11 is 5.97. The van der Waals surface area contributed by atoms with Crippen LogP contribution >= 0.6 is 11.6 Å². The zero-order chi connectivity index (χ0) is 26.2. The van der Waals surface area contributed by atoms with Crippen molar-refractivity contribution in [3.8, 4) is 17.5 Å². The minimum Gasteiger partial charge on any atom is -0.425 e. The van der Waals surface area contributed by atoms with E-state index in [-0.39, 0.29) is 36.0 Å². The molecule has 2 aromatic carbocycles. The molecule has 1 N–H and O–H groups in total. The van der Waals surface area contributed by atoms with Gasteiger partial charge >= 0.3 is 18.1 Å². The van der Waals surface area contributed by atoms with Crippen molar-refractivity contribution in [2.45, 2.75) is 32.5 Å². The van der Waals surface area contributed by atoms with Gasteiger partial charge in [0.25, 0.3) is 5.56 Å². The molecule has 1 atom stereocenters. The van der Waals surface area contributed by atoms with Gasteiger partial charge in [-0.25, -0.2) is 4.79 Å². The lowest BCUT2D eigenvalue weighted by molar-refractivity contribution is -0.274. The molecular formula is C23H20ClF3N4O5. The zero-order valence-electron chi connectivity index (χ0n) is 19.0. The molecule has 0 unspecified atom stereocenters. The number of aliphatic hydroxyl groups excluding tert-OH is 1. The van der Waals surface area contributed by atoms with Gasteiger partial charge in [0, 0.05) is 18.1 Å². The number of fused-ring (bicyclic) bond motifs is 1. The Morgan fingerprint density at radius 2 is 1.75 bits per heavy atom. The molecule has 190 valence electrons. The summed E-state index contributed by atoms with van der Waals surface area (Å²) in [4.78, 5) is 30.4. The van der Waals surface area contributed by atoms with E-state index in [0.717, 1.165) is 21.3 Å². The highest BCUT2D eigenvalue weighted by molar-refractivity contribution is 6.30. The molecule has 4 aromatic rings. The molecule has 36 heavy (non-hydrogen) atoms. The number of nitrogens with zero attached hydrogens (tertiary/aromatic N) is 4. The number of hydrogen-bond donors (Lipinski definition) is 1. The Hall–Kier alpha value is -3.77. The lowest BCUT2D eigenvalue weighted by Gasteiger charge is -2.13. The molecule has 0 aliphatic carbocycles. The number of aromatic nitrogens is 4. The molecule has 2 heterocycles. The Morgan fingerprint density at radius 1 is 1.08 bits per heavy atom. The van der Waals surface area contributed by atoms with E-state index in [1.807, 2.05) is 0 Å². The highest BCUT2D eigenvalue weighted by Gasteiger charge is 2.31. The first-order valence-electron chi connectivity index (χ1n) is 10.6. The SMILES string of the molecule is C[C@H](O)Cn1c(=O)c2c(nc(Oc3cccc(OC(F)(F)F)c3)n2Cc2ccc(Cl)cc2)n(C)c1=O. The van der Waals surface area contributed by atoms with Crippen molar-refractivity contribution in [1.82, 2.24) is 18.7 Å². The Bertz CT molecular complexity index is 1520. The van der Waals surface area contributed by atoms with Gasteiger partial charge in [0.1, 0.15) is 11.5 Å². The molecule has 4 rings (SSSR count). The maximum atomic E-state index is 13.3. The maximum Gasteiger partial charge on any atom is 0.573 e. The van der Waals surface area contributed by atoms with Crippen molar-refractivity contribution < 1.29 is 27.8 Å². The molecule has 0 fully saturated rings. The Labute approximate surface area is 206 Å². The summed E-state index contributed by atoms with van der Waals surface area (Å²) < 4.78 is 51.1. The molecule has 0 bridgehead atoms. The number of imidazole rings is 1. The van der Waals surface area contributed by atoms with Gasteiger partial charge in [0.05, 0.1) is 19.2 Å². The first-order valence-corrected chi connectivity index (χ1v) is 11.0.